The molecule has 0 radical (unpaired) electrons. The van der Waals surface area contributed by atoms with Crippen LogP contribution in [-0.4, -0.2) is 49.4 Å². The molecular weight excluding hydrogens is 507 g/mol. The minimum Gasteiger partial charge on any atom is -0.354 e. The first kappa shape index (κ1) is 27.3. The van der Waals surface area contributed by atoms with Crippen LogP contribution in [0, 0.1) is 5.82 Å². The lowest BCUT2D eigenvalue weighted by Gasteiger charge is -2.36. The standard InChI is InChI=1S/C29H30ClFN4O3/c30-23-10-8-21(25(31)19-23)9-11-26(36)35-29(12-14-32-15-13-29)28(38)34-17-16-33-27(37)18-22-6-3-5-20-4-1-2-7-24(20)22/h1-11,19,32H,12-18H2,(H,33,37)(H,34,38)(H,35,36)/b11-9+. The van der Waals surface area contributed by atoms with Crippen molar-refractivity contribution in [1.82, 2.24) is 21.3 Å². The van der Waals surface area contributed by atoms with Crippen molar-refractivity contribution in [2.45, 2.75) is 24.8 Å². The smallest absolute Gasteiger partial charge is 0.245 e. The molecule has 1 aliphatic rings. The highest BCUT2D eigenvalue weighted by Gasteiger charge is 2.40. The van der Waals surface area contributed by atoms with Gasteiger partial charge >= 0.3 is 0 Å². The number of hydrogen-bond acceptors (Lipinski definition) is 4. The summed E-state index contributed by atoms with van der Waals surface area (Å²) in [5, 5.41) is 14.1. The van der Waals surface area contributed by atoms with Gasteiger partial charge in [0.2, 0.25) is 17.7 Å². The lowest BCUT2D eigenvalue weighted by atomic mass is 9.87. The normalized spacial score (nSPS) is 14.8. The quantitative estimate of drug-likeness (QED) is 0.249. The molecule has 1 fully saturated rings. The average Bonchev–Trinajstić information content (AvgIpc) is 2.91. The minimum absolute atomic E-state index is 0.139. The van der Waals surface area contributed by atoms with Crippen LogP contribution in [0.5, 0.6) is 0 Å². The molecule has 7 nitrogen and oxygen atoms in total. The van der Waals surface area contributed by atoms with Crippen molar-refractivity contribution in [2.24, 2.45) is 0 Å². The second-order valence-corrected chi connectivity index (χ2v) is 9.68. The molecule has 0 atom stereocenters. The summed E-state index contributed by atoms with van der Waals surface area (Å²) in [5.41, 5.74) is 0.0539. The summed E-state index contributed by atoms with van der Waals surface area (Å²) in [5.74, 6) is -1.50. The van der Waals surface area contributed by atoms with Crippen LogP contribution in [0.1, 0.15) is 24.0 Å². The zero-order valence-electron chi connectivity index (χ0n) is 20.9. The van der Waals surface area contributed by atoms with E-state index in [0.717, 1.165) is 16.3 Å². The Balaban J connectivity index is 1.29. The number of amides is 3. The lowest BCUT2D eigenvalue weighted by molar-refractivity contribution is -0.133. The number of halogens is 2. The molecule has 0 saturated carbocycles. The predicted octanol–water partition coefficient (Wildman–Crippen LogP) is 3.36. The Bertz CT molecular complexity index is 1350. The summed E-state index contributed by atoms with van der Waals surface area (Å²) in [4.78, 5) is 38.3. The molecule has 0 aromatic heterocycles. The van der Waals surface area contributed by atoms with E-state index >= 15 is 0 Å². The molecule has 0 aliphatic carbocycles. The highest BCUT2D eigenvalue weighted by Crippen LogP contribution is 2.20. The van der Waals surface area contributed by atoms with E-state index in [1.807, 2.05) is 42.5 Å². The molecule has 9 heteroatoms. The molecule has 3 amide bonds. The van der Waals surface area contributed by atoms with E-state index < -0.39 is 17.3 Å². The zero-order valence-corrected chi connectivity index (χ0v) is 21.6. The van der Waals surface area contributed by atoms with Crippen molar-refractivity contribution in [3.05, 3.63) is 88.7 Å². The topological polar surface area (TPSA) is 99.3 Å². The summed E-state index contributed by atoms with van der Waals surface area (Å²) in [7, 11) is 0. The first-order valence-electron chi connectivity index (χ1n) is 12.5. The van der Waals surface area contributed by atoms with Crippen LogP contribution in [0.4, 0.5) is 4.39 Å². The Labute approximate surface area is 225 Å². The van der Waals surface area contributed by atoms with Crippen LogP contribution in [0.3, 0.4) is 0 Å². The predicted molar refractivity (Wildman–Crippen MR) is 147 cm³/mol. The lowest BCUT2D eigenvalue weighted by Crippen LogP contribution is -2.63. The highest BCUT2D eigenvalue weighted by atomic mass is 35.5. The molecule has 0 spiro atoms. The summed E-state index contributed by atoms with van der Waals surface area (Å²) in [6, 6.07) is 18.0. The van der Waals surface area contributed by atoms with Gasteiger partial charge in [-0.25, -0.2) is 4.39 Å². The maximum Gasteiger partial charge on any atom is 0.245 e. The molecule has 198 valence electrons. The number of rotatable bonds is 9. The molecule has 1 saturated heterocycles. The first-order chi connectivity index (χ1) is 18.4. The van der Waals surface area contributed by atoms with Gasteiger partial charge < -0.3 is 21.3 Å². The Morgan fingerprint density at radius 1 is 0.974 bits per heavy atom. The minimum atomic E-state index is -1.10. The second-order valence-electron chi connectivity index (χ2n) is 9.24. The van der Waals surface area contributed by atoms with Crippen molar-refractivity contribution in [2.75, 3.05) is 26.2 Å². The van der Waals surface area contributed by atoms with Crippen molar-refractivity contribution in [3.63, 3.8) is 0 Å². The molecule has 4 N–H and O–H groups in total. The van der Waals surface area contributed by atoms with Crippen LogP contribution in [0.25, 0.3) is 16.8 Å². The Morgan fingerprint density at radius 2 is 1.71 bits per heavy atom. The van der Waals surface area contributed by atoms with Gasteiger partial charge in [0.05, 0.1) is 6.42 Å². The van der Waals surface area contributed by atoms with Gasteiger partial charge in [-0.3, -0.25) is 14.4 Å². The number of piperidine rings is 1. The van der Waals surface area contributed by atoms with Gasteiger partial charge in [0.25, 0.3) is 0 Å². The van der Waals surface area contributed by atoms with E-state index in [9.17, 15) is 18.8 Å². The van der Waals surface area contributed by atoms with Gasteiger partial charge in [-0.1, -0.05) is 60.1 Å². The summed E-state index contributed by atoms with van der Waals surface area (Å²) >= 11 is 5.77. The third kappa shape index (κ3) is 6.96. The van der Waals surface area contributed by atoms with E-state index in [1.54, 1.807) is 0 Å². The average molecular weight is 537 g/mol. The molecule has 0 unspecified atom stereocenters. The maximum atomic E-state index is 14.0. The number of carbonyl (C=O) groups excluding carboxylic acids is 3. The number of hydrogen-bond donors (Lipinski definition) is 4. The van der Waals surface area contributed by atoms with E-state index in [0.29, 0.717) is 25.9 Å². The number of carbonyl (C=O) groups is 3. The molecular formula is C29H30ClFN4O3. The maximum absolute atomic E-state index is 14.0. The summed E-state index contributed by atoms with van der Waals surface area (Å²) in [6.07, 6.45) is 3.60. The van der Waals surface area contributed by atoms with E-state index in [1.165, 1.54) is 30.4 Å². The van der Waals surface area contributed by atoms with Gasteiger partial charge in [0, 0.05) is 29.8 Å². The monoisotopic (exact) mass is 536 g/mol. The number of nitrogens with one attached hydrogen (secondary N) is 4. The molecule has 1 heterocycles. The van der Waals surface area contributed by atoms with Crippen molar-refractivity contribution in [3.8, 4) is 0 Å². The van der Waals surface area contributed by atoms with Crippen molar-refractivity contribution in [1.29, 1.82) is 0 Å². The van der Waals surface area contributed by atoms with Crippen LogP contribution in [0.2, 0.25) is 5.02 Å². The van der Waals surface area contributed by atoms with Gasteiger partial charge in [-0.2, -0.15) is 0 Å². The SMILES string of the molecule is O=C(/C=C/c1ccc(Cl)cc1F)NC1(C(=O)NCCNC(=O)Cc2cccc3ccccc23)CCNCC1. The third-order valence-corrected chi connectivity index (χ3v) is 6.83. The van der Waals surface area contributed by atoms with E-state index in [-0.39, 0.29) is 41.9 Å². The molecule has 3 aromatic carbocycles. The highest BCUT2D eigenvalue weighted by molar-refractivity contribution is 6.30. The van der Waals surface area contributed by atoms with Crippen LogP contribution < -0.4 is 21.3 Å². The molecule has 1 aliphatic heterocycles. The van der Waals surface area contributed by atoms with Crippen LogP contribution in [0.15, 0.2) is 66.7 Å². The Morgan fingerprint density at radius 3 is 2.50 bits per heavy atom. The number of benzene rings is 3. The van der Waals surface area contributed by atoms with Crippen LogP contribution >= 0.6 is 11.6 Å². The summed E-state index contributed by atoms with van der Waals surface area (Å²) in [6.45, 7) is 1.60. The largest absolute Gasteiger partial charge is 0.354 e. The van der Waals surface area contributed by atoms with Crippen molar-refractivity contribution < 1.29 is 18.8 Å². The molecule has 4 rings (SSSR count). The first-order valence-corrected chi connectivity index (χ1v) is 12.9. The Hall–Kier alpha value is -3.75. The fourth-order valence-electron chi connectivity index (χ4n) is 4.57. The van der Waals surface area contributed by atoms with Gasteiger partial charge in [-0.05, 0) is 60.5 Å². The molecule has 3 aromatic rings. The van der Waals surface area contributed by atoms with E-state index in [4.69, 9.17) is 11.6 Å². The van der Waals surface area contributed by atoms with Crippen LogP contribution in [-0.2, 0) is 20.8 Å². The van der Waals surface area contributed by atoms with E-state index in [2.05, 4.69) is 21.3 Å². The number of fused-ring (bicyclic) bond motifs is 1. The fourth-order valence-corrected chi connectivity index (χ4v) is 4.73. The third-order valence-electron chi connectivity index (χ3n) is 6.59. The van der Waals surface area contributed by atoms with Gasteiger partial charge in [0.1, 0.15) is 11.4 Å². The molecule has 0 bridgehead atoms. The summed E-state index contributed by atoms with van der Waals surface area (Å²) < 4.78 is 14.0. The Kier molecular flexibility index (Phi) is 9.10. The fraction of sp³-hybridized carbons (Fsp3) is 0.276. The molecule has 38 heavy (non-hydrogen) atoms. The second kappa shape index (κ2) is 12.7. The zero-order chi connectivity index (χ0) is 27.0. The van der Waals surface area contributed by atoms with Gasteiger partial charge in [0.15, 0.2) is 0 Å². The van der Waals surface area contributed by atoms with Crippen molar-refractivity contribution >= 4 is 46.2 Å². The van der Waals surface area contributed by atoms with Gasteiger partial charge in [-0.15, -0.1) is 0 Å².